The van der Waals surface area contributed by atoms with E-state index in [2.05, 4.69) is 20.7 Å². The lowest BCUT2D eigenvalue weighted by molar-refractivity contribution is -0.130. The lowest BCUT2D eigenvalue weighted by atomic mass is 9.94. The molecule has 1 saturated heterocycles. The van der Waals surface area contributed by atoms with Crippen LogP contribution in [0.15, 0.2) is 28.7 Å². The third-order valence-electron chi connectivity index (χ3n) is 4.04. The monoisotopic (exact) mass is 430 g/mol. The minimum atomic E-state index is -3.74. The number of carbonyl (C=O) groups excluding carboxylic acids is 2. The van der Waals surface area contributed by atoms with Crippen LogP contribution in [0.4, 0.5) is 5.69 Å². The molecule has 0 bridgehead atoms. The first-order valence-corrected chi connectivity index (χ1v) is 10.5. The molecular formula is C17H23BrN2O4S. The average Bonchev–Trinajstić information content (AvgIpc) is 2.86. The maximum absolute atomic E-state index is 12.6. The maximum atomic E-state index is 12.6. The Bertz CT molecular complexity index is 771. The van der Waals surface area contributed by atoms with Crippen LogP contribution in [0.1, 0.15) is 33.6 Å². The number of amides is 2. The van der Waals surface area contributed by atoms with E-state index >= 15 is 0 Å². The molecule has 1 aliphatic heterocycles. The predicted octanol–water partition coefficient (Wildman–Crippen LogP) is 2.68. The highest BCUT2D eigenvalue weighted by Gasteiger charge is 2.39. The molecule has 0 aliphatic carbocycles. The molecule has 1 heterocycles. The van der Waals surface area contributed by atoms with Gasteiger partial charge in [0.1, 0.15) is 5.92 Å². The fourth-order valence-corrected chi connectivity index (χ4v) is 4.48. The number of hydrogen-bond donors (Lipinski definition) is 1. The van der Waals surface area contributed by atoms with Crippen molar-refractivity contribution in [3.8, 4) is 0 Å². The maximum Gasteiger partial charge on any atom is 0.246 e. The molecule has 0 saturated carbocycles. The smallest absolute Gasteiger partial charge is 0.246 e. The van der Waals surface area contributed by atoms with E-state index in [0.717, 1.165) is 4.47 Å². The summed E-state index contributed by atoms with van der Waals surface area (Å²) >= 11 is 3.39. The number of anilines is 1. The van der Waals surface area contributed by atoms with E-state index in [0.29, 0.717) is 25.1 Å². The van der Waals surface area contributed by atoms with Gasteiger partial charge < -0.3 is 4.90 Å². The number of para-hydroxylation sites is 1. The Morgan fingerprint density at radius 3 is 2.56 bits per heavy atom. The van der Waals surface area contributed by atoms with Gasteiger partial charge in [0.25, 0.3) is 0 Å². The summed E-state index contributed by atoms with van der Waals surface area (Å²) in [5.41, 5.74) is 0.524. The van der Waals surface area contributed by atoms with Crippen molar-refractivity contribution in [3.05, 3.63) is 28.7 Å². The first-order chi connectivity index (χ1) is 11.5. The SMILES string of the molecule is CC(C)(C)CCS(=O)(=O)NC(=O)C1CCN(c2ccccc2Br)C1=O. The number of halogens is 1. The van der Waals surface area contributed by atoms with E-state index in [-0.39, 0.29) is 17.1 Å². The molecule has 1 aliphatic rings. The summed E-state index contributed by atoms with van der Waals surface area (Å²) in [4.78, 5) is 26.4. The fourth-order valence-electron chi connectivity index (χ4n) is 2.55. The number of sulfonamides is 1. The molecule has 1 aromatic rings. The first-order valence-electron chi connectivity index (χ1n) is 8.10. The van der Waals surface area contributed by atoms with Crippen molar-refractivity contribution in [1.82, 2.24) is 4.72 Å². The van der Waals surface area contributed by atoms with E-state index < -0.39 is 21.8 Å². The zero-order chi connectivity index (χ0) is 18.8. The van der Waals surface area contributed by atoms with Crippen LogP contribution in [0.3, 0.4) is 0 Å². The molecule has 0 radical (unpaired) electrons. The second-order valence-electron chi connectivity index (χ2n) is 7.38. The molecule has 25 heavy (non-hydrogen) atoms. The number of nitrogens with zero attached hydrogens (tertiary/aromatic N) is 1. The highest BCUT2D eigenvalue weighted by molar-refractivity contribution is 9.10. The van der Waals surface area contributed by atoms with Gasteiger partial charge in [-0.2, -0.15) is 0 Å². The fraction of sp³-hybridized carbons (Fsp3) is 0.529. The molecule has 138 valence electrons. The molecule has 2 rings (SSSR count). The van der Waals surface area contributed by atoms with Crippen molar-refractivity contribution >= 4 is 43.5 Å². The van der Waals surface area contributed by atoms with E-state index in [1.807, 2.05) is 32.9 Å². The molecular weight excluding hydrogens is 408 g/mol. The van der Waals surface area contributed by atoms with Gasteiger partial charge in [-0.3, -0.25) is 14.3 Å². The summed E-state index contributed by atoms with van der Waals surface area (Å²) in [7, 11) is -3.74. The van der Waals surface area contributed by atoms with Crippen molar-refractivity contribution < 1.29 is 18.0 Å². The number of benzene rings is 1. The van der Waals surface area contributed by atoms with Crippen molar-refractivity contribution in [2.45, 2.75) is 33.6 Å². The summed E-state index contributed by atoms with van der Waals surface area (Å²) in [6.45, 7) is 6.17. The Labute approximate surface area is 157 Å². The van der Waals surface area contributed by atoms with Crippen LogP contribution in [0, 0.1) is 11.3 Å². The second-order valence-corrected chi connectivity index (χ2v) is 10.1. The molecule has 1 unspecified atom stereocenters. The number of hydrogen-bond acceptors (Lipinski definition) is 4. The Balaban J connectivity index is 2.04. The van der Waals surface area contributed by atoms with Crippen LogP contribution in [0.25, 0.3) is 0 Å². The van der Waals surface area contributed by atoms with E-state index in [1.54, 1.807) is 12.1 Å². The number of rotatable bonds is 5. The highest BCUT2D eigenvalue weighted by atomic mass is 79.9. The Morgan fingerprint density at radius 2 is 1.96 bits per heavy atom. The van der Waals surface area contributed by atoms with Gasteiger partial charge in [-0.05, 0) is 46.3 Å². The van der Waals surface area contributed by atoms with Gasteiger partial charge in [0.2, 0.25) is 21.8 Å². The zero-order valence-corrected chi connectivity index (χ0v) is 17.0. The average molecular weight is 431 g/mol. The Kier molecular flexibility index (Phi) is 5.93. The van der Waals surface area contributed by atoms with Crippen LogP contribution < -0.4 is 9.62 Å². The van der Waals surface area contributed by atoms with Crippen LogP contribution in [-0.2, 0) is 19.6 Å². The summed E-state index contributed by atoms with van der Waals surface area (Å²) < 4.78 is 27.0. The normalized spacial score (nSPS) is 18.5. The van der Waals surface area contributed by atoms with Gasteiger partial charge in [-0.1, -0.05) is 32.9 Å². The van der Waals surface area contributed by atoms with Gasteiger partial charge in [0.15, 0.2) is 0 Å². The molecule has 0 aromatic heterocycles. The van der Waals surface area contributed by atoms with Crippen LogP contribution >= 0.6 is 15.9 Å². The van der Waals surface area contributed by atoms with Crippen LogP contribution in [0.5, 0.6) is 0 Å². The van der Waals surface area contributed by atoms with E-state index in [4.69, 9.17) is 0 Å². The number of nitrogens with one attached hydrogen (secondary N) is 1. The Morgan fingerprint density at radius 1 is 1.32 bits per heavy atom. The summed E-state index contributed by atoms with van der Waals surface area (Å²) in [5, 5.41) is 0. The quantitative estimate of drug-likeness (QED) is 0.727. The Hall–Kier alpha value is -1.41. The molecule has 1 atom stereocenters. The molecule has 2 amide bonds. The van der Waals surface area contributed by atoms with Gasteiger partial charge in [0, 0.05) is 11.0 Å². The molecule has 8 heteroatoms. The van der Waals surface area contributed by atoms with Gasteiger partial charge in [-0.15, -0.1) is 0 Å². The topological polar surface area (TPSA) is 83.6 Å². The minimum Gasteiger partial charge on any atom is -0.311 e. The summed E-state index contributed by atoms with van der Waals surface area (Å²) in [6, 6.07) is 7.23. The van der Waals surface area contributed by atoms with Crippen molar-refractivity contribution in [1.29, 1.82) is 0 Å². The lowest BCUT2D eigenvalue weighted by Crippen LogP contribution is -2.41. The van der Waals surface area contributed by atoms with E-state index in [9.17, 15) is 18.0 Å². The van der Waals surface area contributed by atoms with Crippen molar-refractivity contribution in [3.63, 3.8) is 0 Å². The van der Waals surface area contributed by atoms with Gasteiger partial charge >= 0.3 is 0 Å². The van der Waals surface area contributed by atoms with Gasteiger partial charge in [0.05, 0.1) is 11.4 Å². The number of carbonyl (C=O) groups is 2. The first kappa shape index (κ1) is 19.9. The van der Waals surface area contributed by atoms with Crippen LogP contribution in [0.2, 0.25) is 0 Å². The molecule has 1 fully saturated rings. The lowest BCUT2D eigenvalue weighted by Gasteiger charge is -2.19. The largest absolute Gasteiger partial charge is 0.311 e. The third-order valence-corrected chi connectivity index (χ3v) is 5.97. The molecule has 1 aromatic carbocycles. The molecule has 6 nitrogen and oxygen atoms in total. The van der Waals surface area contributed by atoms with Gasteiger partial charge in [-0.25, -0.2) is 8.42 Å². The second kappa shape index (κ2) is 7.45. The molecule has 1 N–H and O–H groups in total. The standard InChI is InChI=1S/C17H23BrN2O4S/c1-17(2,3)9-11-25(23,24)19-15(21)12-8-10-20(16(12)22)14-7-5-4-6-13(14)18/h4-7,12H,8-11H2,1-3H3,(H,19,21). The van der Waals surface area contributed by atoms with E-state index in [1.165, 1.54) is 4.90 Å². The minimum absolute atomic E-state index is 0.142. The van der Waals surface area contributed by atoms with Crippen molar-refractivity contribution in [2.24, 2.45) is 11.3 Å². The highest BCUT2D eigenvalue weighted by Crippen LogP contribution is 2.31. The zero-order valence-electron chi connectivity index (χ0n) is 14.6. The summed E-state index contributed by atoms with van der Waals surface area (Å²) in [5.74, 6) is -2.24. The van der Waals surface area contributed by atoms with Crippen molar-refractivity contribution in [2.75, 3.05) is 17.2 Å². The summed E-state index contributed by atoms with van der Waals surface area (Å²) in [6.07, 6.45) is 0.720. The third kappa shape index (κ3) is 5.28. The molecule has 0 spiro atoms. The van der Waals surface area contributed by atoms with Crippen LogP contribution in [-0.4, -0.2) is 32.5 Å². The predicted molar refractivity (Wildman–Crippen MR) is 101 cm³/mol.